The molecule has 2 fully saturated rings. The Morgan fingerprint density at radius 2 is 1.17 bits per heavy atom. The van der Waals surface area contributed by atoms with Crippen LogP contribution in [0.25, 0.3) is 0 Å². The molecule has 2 N–H and O–H groups in total. The normalized spacial score (nSPS) is 37.0. The summed E-state index contributed by atoms with van der Waals surface area (Å²) in [4.78, 5) is 11.6. The summed E-state index contributed by atoms with van der Waals surface area (Å²) in [6.07, 6.45) is 3.74. The van der Waals surface area contributed by atoms with Crippen LogP contribution in [0.15, 0.2) is 0 Å². The van der Waals surface area contributed by atoms with E-state index in [1.807, 2.05) is 0 Å². The second-order valence-corrected chi connectivity index (χ2v) is 5.27. The molecule has 5 nitrogen and oxygen atoms in total. The molecule has 4 unspecified atom stereocenters. The number of ether oxygens (including phenoxy) is 2. The molecule has 0 radical (unpaired) electrons. The average Bonchev–Trinajstić information content (AvgIpc) is 2.35. The van der Waals surface area contributed by atoms with Crippen LogP contribution in [-0.4, -0.2) is 40.8 Å². The molecule has 0 aliphatic heterocycles. The Morgan fingerprint density at radius 1 is 0.778 bits per heavy atom. The van der Waals surface area contributed by atoms with Gasteiger partial charge in [0.05, 0.1) is 12.2 Å². The Morgan fingerprint density at radius 3 is 1.56 bits per heavy atom. The first-order chi connectivity index (χ1) is 8.66. The molecule has 18 heavy (non-hydrogen) atoms. The van der Waals surface area contributed by atoms with Crippen LogP contribution in [0.2, 0.25) is 0 Å². The zero-order chi connectivity index (χ0) is 13.0. The van der Waals surface area contributed by atoms with Crippen molar-refractivity contribution in [3.63, 3.8) is 0 Å². The molecule has 104 valence electrons. The van der Waals surface area contributed by atoms with Crippen molar-refractivity contribution in [3.8, 4) is 0 Å². The van der Waals surface area contributed by atoms with Crippen molar-refractivity contribution < 1.29 is 24.5 Å². The lowest BCUT2D eigenvalue weighted by Crippen LogP contribution is -2.38. The van der Waals surface area contributed by atoms with Crippen molar-refractivity contribution in [2.75, 3.05) is 0 Å². The van der Waals surface area contributed by atoms with Gasteiger partial charge in [0.1, 0.15) is 12.2 Å². The third kappa shape index (κ3) is 3.59. The molecule has 0 aromatic carbocycles. The fraction of sp³-hybridized carbons (Fsp3) is 0.923. The molecule has 2 aliphatic carbocycles. The molecule has 5 heteroatoms. The highest BCUT2D eigenvalue weighted by Gasteiger charge is 2.31. The lowest BCUT2D eigenvalue weighted by Gasteiger charge is -2.30. The number of aliphatic hydroxyl groups is 2. The van der Waals surface area contributed by atoms with Crippen LogP contribution in [0.3, 0.4) is 0 Å². The largest absolute Gasteiger partial charge is 0.509 e. The molecule has 2 aliphatic rings. The maximum absolute atomic E-state index is 11.6. The molecule has 0 bridgehead atoms. The van der Waals surface area contributed by atoms with E-state index >= 15 is 0 Å². The fourth-order valence-corrected chi connectivity index (χ4v) is 2.70. The number of carbonyl (C=O) groups is 1. The molecule has 0 heterocycles. The van der Waals surface area contributed by atoms with Gasteiger partial charge in [0.25, 0.3) is 0 Å². The predicted octanol–water partition coefficient (Wildman–Crippen LogP) is 1.75. The SMILES string of the molecule is O=C(OC1CCCCC1O)OC1CCCCC1O. The monoisotopic (exact) mass is 258 g/mol. The van der Waals surface area contributed by atoms with Gasteiger partial charge in [-0.1, -0.05) is 12.8 Å². The van der Waals surface area contributed by atoms with E-state index in [0.717, 1.165) is 25.7 Å². The van der Waals surface area contributed by atoms with Crippen LogP contribution in [0, 0.1) is 0 Å². The van der Waals surface area contributed by atoms with Crippen LogP contribution in [-0.2, 0) is 9.47 Å². The molecule has 0 spiro atoms. The number of rotatable bonds is 2. The lowest BCUT2D eigenvalue weighted by molar-refractivity contribution is -0.0849. The molecular formula is C13H22O5. The highest BCUT2D eigenvalue weighted by molar-refractivity contribution is 5.60. The molecule has 2 rings (SSSR count). The van der Waals surface area contributed by atoms with Gasteiger partial charge in [-0.15, -0.1) is 0 Å². The van der Waals surface area contributed by atoms with Gasteiger partial charge >= 0.3 is 6.16 Å². The first-order valence-electron chi connectivity index (χ1n) is 6.90. The van der Waals surface area contributed by atoms with E-state index in [9.17, 15) is 15.0 Å². The Bertz CT molecular complexity index is 255. The van der Waals surface area contributed by atoms with Crippen molar-refractivity contribution in [2.24, 2.45) is 0 Å². The molecule has 0 saturated heterocycles. The predicted molar refractivity (Wildman–Crippen MR) is 64.1 cm³/mol. The van der Waals surface area contributed by atoms with Crippen LogP contribution in [0.5, 0.6) is 0 Å². The zero-order valence-corrected chi connectivity index (χ0v) is 10.6. The van der Waals surface area contributed by atoms with E-state index in [2.05, 4.69) is 0 Å². The van der Waals surface area contributed by atoms with E-state index in [-0.39, 0.29) is 0 Å². The average molecular weight is 258 g/mol. The Hall–Kier alpha value is -0.810. The fourth-order valence-electron chi connectivity index (χ4n) is 2.70. The van der Waals surface area contributed by atoms with Gasteiger partial charge in [-0.05, 0) is 38.5 Å². The van der Waals surface area contributed by atoms with Crippen molar-refractivity contribution in [3.05, 3.63) is 0 Å². The summed E-state index contributed by atoms with van der Waals surface area (Å²) in [5, 5.41) is 19.4. The Balaban J connectivity index is 1.77. The van der Waals surface area contributed by atoms with Gasteiger partial charge in [-0.3, -0.25) is 0 Å². The van der Waals surface area contributed by atoms with E-state index in [1.165, 1.54) is 0 Å². The second kappa shape index (κ2) is 6.38. The van der Waals surface area contributed by atoms with Gasteiger partial charge in [0.2, 0.25) is 0 Å². The van der Waals surface area contributed by atoms with Crippen molar-refractivity contribution in [1.82, 2.24) is 0 Å². The van der Waals surface area contributed by atoms with Gasteiger partial charge < -0.3 is 19.7 Å². The maximum atomic E-state index is 11.6. The first kappa shape index (κ1) is 13.6. The Labute approximate surface area is 107 Å². The van der Waals surface area contributed by atoms with Crippen LogP contribution < -0.4 is 0 Å². The summed E-state index contributed by atoms with van der Waals surface area (Å²) < 4.78 is 10.3. The summed E-state index contributed by atoms with van der Waals surface area (Å²) in [5.74, 6) is 0. The van der Waals surface area contributed by atoms with E-state index in [0.29, 0.717) is 25.7 Å². The number of hydrogen-bond donors (Lipinski definition) is 2. The van der Waals surface area contributed by atoms with Crippen LogP contribution in [0.1, 0.15) is 51.4 Å². The summed E-state index contributed by atoms with van der Waals surface area (Å²) in [6.45, 7) is 0. The van der Waals surface area contributed by atoms with E-state index < -0.39 is 30.6 Å². The molecule has 2 saturated carbocycles. The molecule has 4 atom stereocenters. The van der Waals surface area contributed by atoms with Crippen molar-refractivity contribution >= 4 is 6.16 Å². The minimum Gasteiger partial charge on any atom is -0.428 e. The van der Waals surface area contributed by atoms with Crippen LogP contribution in [0.4, 0.5) is 4.79 Å². The number of hydrogen-bond acceptors (Lipinski definition) is 5. The van der Waals surface area contributed by atoms with E-state index in [1.54, 1.807) is 0 Å². The molecule has 0 aromatic heterocycles. The Kier molecular flexibility index (Phi) is 4.83. The topological polar surface area (TPSA) is 76.0 Å². The quantitative estimate of drug-likeness (QED) is 0.738. The van der Waals surface area contributed by atoms with Crippen LogP contribution >= 0.6 is 0 Å². The number of carbonyl (C=O) groups excluding carboxylic acids is 1. The summed E-state index contributed by atoms with van der Waals surface area (Å²) in [7, 11) is 0. The van der Waals surface area contributed by atoms with Crippen molar-refractivity contribution in [2.45, 2.75) is 75.8 Å². The minimum absolute atomic E-state index is 0.452. The molecule has 0 amide bonds. The van der Waals surface area contributed by atoms with Crippen molar-refractivity contribution in [1.29, 1.82) is 0 Å². The highest BCUT2D eigenvalue weighted by atomic mass is 16.7. The summed E-state index contributed by atoms with van der Waals surface area (Å²) >= 11 is 0. The summed E-state index contributed by atoms with van der Waals surface area (Å²) in [5.41, 5.74) is 0. The maximum Gasteiger partial charge on any atom is 0.509 e. The molecular weight excluding hydrogens is 236 g/mol. The highest BCUT2D eigenvalue weighted by Crippen LogP contribution is 2.24. The smallest absolute Gasteiger partial charge is 0.428 e. The molecule has 0 aromatic rings. The minimum atomic E-state index is -0.757. The van der Waals surface area contributed by atoms with Gasteiger partial charge in [0.15, 0.2) is 0 Å². The zero-order valence-electron chi connectivity index (χ0n) is 10.6. The van der Waals surface area contributed by atoms with Gasteiger partial charge in [-0.2, -0.15) is 0 Å². The second-order valence-electron chi connectivity index (χ2n) is 5.27. The van der Waals surface area contributed by atoms with E-state index in [4.69, 9.17) is 9.47 Å². The number of aliphatic hydroxyl groups excluding tert-OH is 2. The van der Waals surface area contributed by atoms with Gasteiger partial charge in [-0.25, -0.2) is 4.79 Å². The summed E-state index contributed by atoms with van der Waals surface area (Å²) in [6, 6.07) is 0. The lowest BCUT2D eigenvalue weighted by atomic mass is 9.95. The van der Waals surface area contributed by atoms with Gasteiger partial charge in [0, 0.05) is 0 Å². The standard InChI is InChI=1S/C13H22O5/c14-9-5-1-3-7-11(9)17-13(16)18-12-8-4-2-6-10(12)15/h9-12,14-15H,1-8H2. The first-order valence-corrected chi connectivity index (χ1v) is 6.90. The third-order valence-corrected chi connectivity index (χ3v) is 3.83. The third-order valence-electron chi connectivity index (χ3n) is 3.83.